The van der Waals surface area contributed by atoms with E-state index in [4.69, 9.17) is 0 Å². The van der Waals surface area contributed by atoms with E-state index in [-0.39, 0.29) is 5.69 Å². The third kappa shape index (κ3) is 2.12. The van der Waals surface area contributed by atoms with Crippen LogP contribution in [-0.4, -0.2) is 9.91 Å². The van der Waals surface area contributed by atoms with Gasteiger partial charge >= 0.3 is 0 Å². The van der Waals surface area contributed by atoms with Crippen molar-refractivity contribution < 1.29 is 4.92 Å². The molecule has 20 heavy (non-hydrogen) atoms. The number of nitro benzene ring substituents is 1. The molecule has 0 amide bonds. The fourth-order valence-corrected chi connectivity index (χ4v) is 2.28. The minimum absolute atomic E-state index is 0.0788. The van der Waals surface area contributed by atoms with Crippen LogP contribution in [0.5, 0.6) is 0 Å². The summed E-state index contributed by atoms with van der Waals surface area (Å²) in [4.78, 5) is 15.0. The van der Waals surface area contributed by atoms with Crippen LogP contribution in [-0.2, 0) is 0 Å². The van der Waals surface area contributed by atoms with Gasteiger partial charge in [-0.2, -0.15) is 0 Å². The van der Waals surface area contributed by atoms with Gasteiger partial charge < -0.3 is 0 Å². The minimum Gasteiger partial charge on any atom is -0.258 e. The van der Waals surface area contributed by atoms with Crippen molar-refractivity contribution in [3.63, 3.8) is 0 Å². The van der Waals surface area contributed by atoms with Gasteiger partial charge in [-0.25, -0.2) is 4.98 Å². The van der Waals surface area contributed by atoms with Crippen LogP contribution < -0.4 is 0 Å². The number of aryl methyl sites for hydroxylation is 1. The van der Waals surface area contributed by atoms with Gasteiger partial charge in [0.25, 0.3) is 5.69 Å². The summed E-state index contributed by atoms with van der Waals surface area (Å²) in [6, 6.07) is 16.4. The largest absolute Gasteiger partial charge is 0.270 e. The average Bonchev–Trinajstić information content (AvgIpc) is 2.47. The summed E-state index contributed by atoms with van der Waals surface area (Å²) < 4.78 is 0. The summed E-state index contributed by atoms with van der Waals surface area (Å²) in [5.41, 5.74) is 3.60. The molecule has 3 aromatic rings. The van der Waals surface area contributed by atoms with Gasteiger partial charge in [0, 0.05) is 23.1 Å². The lowest BCUT2D eigenvalue weighted by molar-refractivity contribution is -0.384. The maximum atomic E-state index is 10.8. The van der Waals surface area contributed by atoms with Crippen LogP contribution >= 0.6 is 0 Å². The van der Waals surface area contributed by atoms with Crippen LogP contribution in [0.1, 0.15) is 5.56 Å². The first kappa shape index (κ1) is 12.3. The van der Waals surface area contributed by atoms with Gasteiger partial charge in [0.05, 0.1) is 16.1 Å². The molecular weight excluding hydrogens is 252 g/mol. The van der Waals surface area contributed by atoms with E-state index in [1.54, 1.807) is 12.1 Å². The molecule has 0 fully saturated rings. The first-order chi connectivity index (χ1) is 9.65. The van der Waals surface area contributed by atoms with E-state index in [2.05, 4.69) is 4.98 Å². The topological polar surface area (TPSA) is 56.0 Å². The number of non-ortho nitro benzene ring substituents is 1. The van der Waals surface area contributed by atoms with Gasteiger partial charge in [-0.1, -0.05) is 30.3 Å². The Morgan fingerprint density at radius 3 is 2.65 bits per heavy atom. The number of hydrogen-bond acceptors (Lipinski definition) is 3. The zero-order valence-corrected chi connectivity index (χ0v) is 10.9. The lowest BCUT2D eigenvalue weighted by atomic mass is 10.0. The quantitative estimate of drug-likeness (QED) is 0.516. The van der Waals surface area contributed by atoms with E-state index in [0.29, 0.717) is 0 Å². The van der Waals surface area contributed by atoms with E-state index in [0.717, 1.165) is 27.7 Å². The normalized spacial score (nSPS) is 10.7. The predicted molar refractivity (Wildman–Crippen MR) is 78.6 cm³/mol. The van der Waals surface area contributed by atoms with E-state index >= 15 is 0 Å². The van der Waals surface area contributed by atoms with Crippen LogP contribution in [0.3, 0.4) is 0 Å². The van der Waals surface area contributed by atoms with Crippen molar-refractivity contribution in [1.82, 2.24) is 4.98 Å². The van der Waals surface area contributed by atoms with Crippen molar-refractivity contribution in [1.29, 1.82) is 0 Å². The molecule has 3 rings (SSSR count). The number of rotatable bonds is 2. The summed E-state index contributed by atoms with van der Waals surface area (Å²) in [5, 5.41) is 11.9. The van der Waals surface area contributed by atoms with E-state index < -0.39 is 4.92 Å². The number of para-hydroxylation sites is 1. The Bertz CT molecular complexity index is 812. The van der Waals surface area contributed by atoms with E-state index in [1.165, 1.54) is 6.07 Å². The third-order valence-electron chi connectivity index (χ3n) is 3.28. The molecule has 0 bridgehead atoms. The summed E-state index contributed by atoms with van der Waals surface area (Å²) in [5.74, 6) is 0. The van der Waals surface area contributed by atoms with Crippen molar-refractivity contribution in [2.24, 2.45) is 0 Å². The molecule has 0 atom stereocenters. The van der Waals surface area contributed by atoms with Crippen molar-refractivity contribution in [3.8, 4) is 11.3 Å². The van der Waals surface area contributed by atoms with Crippen molar-refractivity contribution >= 4 is 16.6 Å². The molecule has 0 N–H and O–H groups in total. The second kappa shape index (κ2) is 4.74. The lowest BCUT2D eigenvalue weighted by Crippen LogP contribution is -1.91. The summed E-state index contributed by atoms with van der Waals surface area (Å²) in [7, 11) is 0. The molecule has 0 radical (unpaired) electrons. The van der Waals surface area contributed by atoms with Crippen LogP contribution in [0.25, 0.3) is 22.2 Å². The summed E-state index contributed by atoms with van der Waals surface area (Å²) >= 11 is 0. The zero-order chi connectivity index (χ0) is 14.1. The molecule has 4 nitrogen and oxygen atoms in total. The molecule has 0 unspecified atom stereocenters. The first-order valence-corrected chi connectivity index (χ1v) is 6.26. The third-order valence-corrected chi connectivity index (χ3v) is 3.28. The Morgan fingerprint density at radius 2 is 1.85 bits per heavy atom. The fraction of sp³-hybridized carbons (Fsp3) is 0.0625. The average molecular weight is 264 g/mol. The van der Waals surface area contributed by atoms with Gasteiger partial charge in [-0.05, 0) is 24.6 Å². The predicted octanol–water partition coefficient (Wildman–Crippen LogP) is 4.12. The van der Waals surface area contributed by atoms with Gasteiger partial charge in [0.15, 0.2) is 0 Å². The molecule has 0 aliphatic rings. The molecule has 4 heteroatoms. The first-order valence-electron chi connectivity index (χ1n) is 6.26. The molecule has 2 aromatic carbocycles. The number of nitro groups is 1. The number of nitrogens with zero attached hydrogens (tertiary/aromatic N) is 2. The highest BCUT2D eigenvalue weighted by Crippen LogP contribution is 2.26. The maximum absolute atomic E-state index is 10.8. The Balaban J connectivity index is 2.19. The fourth-order valence-electron chi connectivity index (χ4n) is 2.28. The van der Waals surface area contributed by atoms with Crippen molar-refractivity contribution in [2.75, 3.05) is 0 Å². The molecule has 0 saturated carbocycles. The van der Waals surface area contributed by atoms with Crippen molar-refractivity contribution in [2.45, 2.75) is 6.92 Å². The van der Waals surface area contributed by atoms with Crippen LogP contribution in [0.2, 0.25) is 0 Å². The lowest BCUT2D eigenvalue weighted by Gasteiger charge is -2.06. The van der Waals surface area contributed by atoms with Gasteiger partial charge in [0.2, 0.25) is 0 Å². The Morgan fingerprint density at radius 1 is 1.05 bits per heavy atom. The standard InChI is InChI=1S/C16H12N2O2/c1-11-9-16(17-15-8-3-2-7-14(11)15)12-5-4-6-13(10-12)18(19)20/h2-10H,1H3. The molecule has 0 saturated heterocycles. The van der Waals surface area contributed by atoms with E-state index in [1.807, 2.05) is 43.3 Å². The molecule has 0 aliphatic carbocycles. The van der Waals surface area contributed by atoms with E-state index in [9.17, 15) is 10.1 Å². The highest BCUT2D eigenvalue weighted by molar-refractivity contribution is 5.85. The van der Waals surface area contributed by atoms with Gasteiger partial charge in [-0.3, -0.25) is 10.1 Å². The van der Waals surface area contributed by atoms with Crippen LogP contribution in [0.15, 0.2) is 54.6 Å². The number of fused-ring (bicyclic) bond motifs is 1. The number of hydrogen-bond donors (Lipinski definition) is 0. The molecular formula is C16H12N2O2. The van der Waals surface area contributed by atoms with Crippen molar-refractivity contribution in [3.05, 3.63) is 70.3 Å². The monoisotopic (exact) mass is 264 g/mol. The molecule has 98 valence electrons. The Hall–Kier alpha value is -2.75. The number of pyridine rings is 1. The Kier molecular flexibility index (Phi) is 2.91. The maximum Gasteiger partial charge on any atom is 0.270 e. The van der Waals surface area contributed by atoms with Crippen LogP contribution in [0.4, 0.5) is 5.69 Å². The van der Waals surface area contributed by atoms with Gasteiger partial charge in [-0.15, -0.1) is 0 Å². The summed E-state index contributed by atoms with van der Waals surface area (Å²) in [6.07, 6.45) is 0. The zero-order valence-electron chi connectivity index (χ0n) is 10.9. The SMILES string of the molecule is Cc1cc(-c2cccc([N+](=O)[O-])c2)nc2ccccc12. The number of aromatic nitrogens is 1. The second-order valence-corrected chi connectivity index (χ2v) is 4.65. The Labute approximate surface area is 115 Å². The minimum atomic E-state index is -0.391. The summed E-state index contributed by atoms with van der Waals surface area (Å²) in [6.45, 7) is 2.02. The highest BCUT2D eigenvalue weighted by atomic mass is 16.6. The van der Waals surface area contributed by atoms with Crippen LogP contribution in [0, 0.1) is 17.0 Å². The van der Waals surface area contributed by atoms with Gasteiger partial charge in [0.1, 0.15) is 0 Å². The molecule has 1 aromatic heterocycles. The highest BCUT2D eigenvalue weighted by Gasteiger charge is 2.09. The molecule has 1 heterocycles. The smallest absolute Gasteiger partial charge is 0.258 e. The number of benzene rings is 2. The second-order valence-electron chi connectivity index (χ2n) is 4.65. The molecule has 0 spiro atoms. The molecule has 0 aliphatic heterocycles.